The van der Waals surface area contributed by atoms with E-state index < -0.39 is 0 Å². The molecule has 0 saturated heterocycles. The molecule has 17 heavy (non-hydrogen) atoms. The normalized spacial score (nSPS) is 9.29. The molecule has 4 heteroatoms. The second-order valence-corrected chi connectivity index (χ2v) is 3.21. The van der Waals surface area contributed by atoms with Gasteiger partial charge in [0.05, 0.1) is 33.3 Å². The molecule has 1 aromatic rings. The van der Waals surface area contributed by atoms with Gasteiger partial charge in [-0.1, -0.05) is 5.92 Å². The van der Waals surface area contributed by atoms with Gasteiger partial charge in [-0.15, -0.1) is 6.42 Å². The van der Waals surface area contributed by atoms with Crippen LogP contribution in [0.1, 0.15) is 16.8 Å². The molecule has 0 atom stereocenters. The van der Waals surface area contributed by atoms with Gasteiger partial charge in [-0.25, -0.2) is 0 Å². The summed E-state index contributed by atoms with van der Waals surface area (Å²) in [6, 6.07) is 3.17. The van der Waals surface area contributed by atoms with Crippen LogP contribution in [-0.2, 0) is 0 Å². The van der Waals surface area contributed by atoms with E-state index in [0.717, 1.165) is 0 Å². The van der Waals surface area contributed by atoms with Crippen molar-refractivity contribution in [1.29, 1.82) is 0 Å². The van der Waals surface area contributed by atoms with Crippen LogP contribution in [0.2, 0.25) is 0 Å². The number of rotatable bonds is 5. The number of hydrogen-bond donors (Lipinski definition) is 0. The zero-order valence-corrected chi connectivity index (χ0v) is 10.1. The Morgan fingerprint density at radius 1 is 1.12 bits per heavy atom. The average molecular weight is 234 g/mol. The number of methoxy groups -OCH3 is 3. The Hall–Kier alpha value is -2.15. The molecule has 1 rings (SSSR count). The number of benzene rings is 1. The van der Waals surface area contributed by atoms with Crippen LogP contribution in [0.4, 0.5) is 0 Å². The number of ketones is 1. The van der Waals surface area contributed by atoms with Crippen LogP contribution in [0.3, 0.4) is 0 Å². The fourth-order valence-corrected chi connectivity index (χ4v) is 1.44. The van der Waals surface area contributed by atoms with Crippen LogP contribution in [0.5, 0.6) is 17.2 Å². The number of carbonyl (C=O) groups is 1. The highest BCUT2D eigenvalue weighted by Crippen LogP contribution is 2.35. The van der Waals surface area contributed by atoms with Crippen LogP contribution in [0.15, 0.2) is 12.1 Å². The highest BCUT2D eigenvalue weighted by Gasteiger charge is 2.16. The van der Waals surface area contributed by atoms with E-state index in [0.29, 0.717) is 22.8 Å². The minimum absolute atomic E-state index is 0.0197. The molecule has 0 unspecified atom stereocenters. The molecular formula is C13H14O4. The van der Waals surface area contributed by atoms with Gasteiger partial charge < -0.3 is 14.2 Å². The molecule has 0 aromatic heterocycles. The third-order valence-corrected chi connectivity index (χ3v) is 2.27. The third kappa shape index (κ3) is 2.70. The molecule has 0 N–H and O–H groups in total. The molecule has 0 heterocycles. The van der Waals surface area contributed by atoms with Gasteiger partial charge in [0.15, 0.2) is 17.3 Å². The van der Waals surface area contributed by atoms with Crippen molar-refractivity contribution in [2.75, 3.05) is 21.3 Å². The number of carbonyl (C=O) groups excluding carboxylic acids is 1. The molecule has 0 aliphatic heterocycles. The monoisotopic (exact) mass is 234 g/mol. The van der Waals surface area contributed by atoms with Crippen LogP contribution in [-0.4, -0.2) is 27.1 Å². The third-order valence-electron chi connectivity index (χ3n) is 2.27. The van der Waals surface area contributed by atoms with E-state index in [4.69, 9.17) is 20.6 Å². The molecule has 90 valence electrons. The zero-order chi connectivity index (χ0) is 12.8. The molecule has 1 aromatic carbocycles. The van der Waals surface area contributed by atoms with Crippen molar-refractivity contribution in [2.24, 2.45) is 0 Å². The van der Waals surface area contributed by atoms with Crippen molar-refractivity contribution < 1.29 is 19.0 Å². The van der Waals surface area contributed by atoms with E-state index in [1.54, 1.807) is 12.1 Å². The SMILES string of the molecule is C#CCC(=O)c1cc(OC)c(OC)cc1OC. The molecule has 0 amide bonds. The molecule has 0 radical (unpaired) electrons. The number of ether oxygens (including phenoxy) is 3. The van der Waals surface area contributed by atoms with Crippen molar-refractivity contribution >= 4 is 5.78 Å². The smallest absolute Gasteiger partial charge is 0.178 e. The summed E-state index contributed by atoms with van der Waals surface area (Å²) in [7, 11) is 4.49. The number of hydrogen-bond acceptors (Lipinski definition) is 4. The van der Waals surface area contributed by atoms with E-state index in [2.05, 4.69) is 5.92 Å². The van der Waals surface area contributed by atoms with Gasteiger partial charge in [0, 0.05) is 6.07 Å². The fourth-order valence-electron chi connectivity index (χ4n) is 1.44. The lowest BCUT2D eigenvalue weighted by Crippen LogP contribution is -2.03. The van der Waals surface area contributed by atoms with Crippen LogP contribution >= 0.6 is 0 Å². The summed E-state index contributed by atoms with van der Waals surface area (Å²) in [5, 5.41) is 0. The van der Waals surface area contributed by atoms with Crippen LogP contribution < -0.4 is 14.2 Å². The second kappa shape index (κ2) is 5.80. The Labute approximate surface area is 100 Å². The zero-order valence-electron chi connectivity index (χ0n) is 10.1. The molecular weight excluding hydrogens is 220 g/mol. The lowest BCUT2D eigenvalue weighted by molar-refractivity contribution is 0.0995. The first kappa shape index (κ1) is 12.9. The van der Waals surface area contributed by atoms with Crippen molar-refractivity contribution in [3.8, 4) is 29.6 Å². The minimum Gasteiger partial charge on any atom is -0.496 e. The molecule has 0 spiro atoms. The van der Waals surface area contributed by atoms with Crippen LogP contribution in [0.25, 0.3) is 0 Å². The highest BCUT2D eigenvalue weighted by atomic mass is 16.5. The molecule has 4 nitrogen and oxygen atoms in total. The maximum Gasteiger partial charge on any atom is 0.178 e. The van der Waals surface area contributed by atoms with Gasteiger partial charge in [-0.3, -0.25) is 4.79 Å². The fraction of sp³-hybridized carbons (Fsp3) is 0.308. The first-order chi connectivity index (χ1) is 8.17. The topological polar surface area (TPSA) is 44.8 Å². The molecule has 0 aliphatic rings. The van der Waals surface area contributed by atoms with Gasteiger partial charge in [0.25, 0.3) is 0 Å². The summed E-state index contributed by atoms with van der Waals surface area (Å²) in [5.74, 6) is 3.50. The summed E-state index contributed by atoms with van der Waals surface area (Å²) < 4.78 is 15.4. The standard InChI is InChI=1S/C13H14O4/c1-5-6-10(14)9-7-12(16-3)13(17-4)8-11(9)15-2/h1,7-8H,6H2,2-4H3. The van der Waals surface area contributed by atoms with E-state index in [-0.39, 0.29) is 12.2 Å². The van der Waals surface area contributed by atoms with Gasteiger partial charge in [-0.2, -0.15) is 0 Å². The summed E-state index contributed by atoms with van der Waals surface area (Å²) >= 11 is 0. The van der Waals surface area contributed by atoms with E-state index in [9.17, 15) is 4.79 Å². The Morgan fingerprint density at radius 3 is 2.12 bits per heavy atom. The van der Waals surface area contributed by atoms with Crippen molar-refractivity contribution in [1.82, 2.24) is 0 Å². The minimum atomic E-state index is -0.190. The quantitative estimate of drug-likeness (QED) is 0.576. The maximum absolute atomic E-state index is 11.8. The van der Waals surface area contributed by atoms with Crippen molar-refractivity contribution in [2.45, 2.75) is 6.42 Å². The Balaban J connectivity index is 3.29. The number of terminal acetylenes is 1. The summed E-state index contributed by atoms with van der Waals surface area (Å²) in [6.07, 6.45) is 5.14. The van der Waals surface area contributed by atoms with Gasteiger partial charge in [0.1, 0.15) is 5.75 Å². The van der Waals surface area contributed by atoms with Crippen molar-refractivity contribution in [3.63, 3.8) is 0 Å². The summed E-state index contributed by atoms with van der Waals surface area (Å²) in [4.78, 5) is 11.8. The Morgan fingerprint density at radius 2 is 1.65 bits per heavy atom. The maximum atomic E-state index is 11.8. The van der Waals surface area contributed by atoms with Crippen LogP contribution in [0, 0.1) is 12.3 Å². The number of Topliss-reactive ketones (excluding diaryl/α,β-unsaturated/α-hetero) is 1. The van der Waals surface area contributed by atoms with E-state index in [1.165, 1.54) is 21.3 Å². The lowest BCUT2D eigenvalue weighted by Gasteiger charge is -2.12. The second-order valence-electron chi connectivity index (χ2n) is 3.21. The van der Waals surface area contributed by atoms with Crippen molar-refractivity contribution in [3.05, 3.63) is 17.7 Å². The highest BCUT2D eigenvalue weighted by molar-refractivity contribution is 6.00. The lowest BCUT2D eigenvalue weighted by atomic mass is 10.1. The van der Waals surface area contributed by atoms with Gasteiger partial charge in [0.2, 0.25) is 0 Å². The van der Waals surface area contributed by atoms with Gasteiger partial charge >= 0.3 is 0 Å². The summed E-state index contributed by atoms with van der Waals surface area (Å²) in [5.41, 5.74) is 0.392. The molecule has 0 aliphatic carbocycles. The predicted molar refractivity (Wildman–Crippen MR) is 63.9 cm³/mol. The Bertz CT molecular complexity index is 457. The first-order valence-electron chi connectivity index (χ1n) is 4.94. The molecule has 0 bridgehead atoms. The average Bonchev–Trinajstić information content (AvgIpc) is 2.37. The van der Waals surface area contributed by atoms with E-state index >= 15 is 0 Å². The van der Waals surface area contributed by atoms with Gasteiger partial charge in [-0.05, 0) is 6.07 Å². The summed E-state index contributed by atoms with van der Waals surface area (Å²) in [6.45, 7) is 0. The predicted octanol–water partition coefficient (Wildman–Crippen LogP) is 1.92. The first-order valence-corrected chi connectivity index (χ1v) is 4.94. The molecule has 0 saturated carbocycles. The largest absolute Gasteiger partial charge is 0.496 e. The Kier molecular flexibility index (Phi) is 4.41. The van der Waals surface area contributed by atoms with E-state index in [1.807, 2.05) is 0 Å². The molecule has 0 fully saturated rings.